The van der Waals surface area contributed by atoms with Crippen LogP contribution in [0.1, 0.15) is 70.3 Å². The molecule has 3 fully saturated rings. The van der Waals surface area contributed by atoms with Crippen LogP contribution in [0.3, 0.4) is 0 Å². The second-order valence-corrected chi connectivity index (χ2v) is 15.6. The maximum absolute atomic E-state index is 15.5. The maximum Gasteiger partial charge on any atom is 0.246 e. The SMILES string of the molecule is C[C@H]1[C@H]([Si](C)(C)F)[C@@H](CC(=O)N2CCC[C@H]2CO)O[C@H]1CCc1cccc(N2CCCCCCC2=O)c1. The molecule has 0 saturated carbocycles. The highest BCUT2D eigenvalue weighted by Gasteiger charge is 2.52. The number of halogens is 1. The second kappa shape index (κ2) is 12.4. The van der Waals surface area contributed by atoms with Crippen LogP contribution in [0.25, 0.3) is 0 Å². The molecule has 0 aliphatic carbocycles. The Kier molecular flexibility index (Phi) is 9.46. The summed E-state index contributed by atoms with van der Waals surface area (Å²) in [5, 5.41) is 9.63. The lowest BCUT2D eigenvalue weighted by molar-refractivity contribution is -0.135. The number of likely N-dealkylation sites (tertiary alicyclic amines) is 1. The van der Waals surface area contributed by atoms with E-state index in [9.17, 15) is 14.7 Å². The van der Waals surface area contributed by atoms with E-state index in [2.05, 4.69) is 19.1 Å². The van der Waals surface area contributed by atoms with Gasteiger partial charge in [-0.25, -0.2) is 0 Å². The smallest absolute Gasteiger partial charge is 0.246 e. The van der Waals surface area contributed by atoms with E-state index in [0.29, 0.717) is 13.0 Å². The first-order valence-electron chi connectivity index (χ1n) is 14.3. The summed E-state index contributed by atoms with van der Waals surface area (Å²) in [6.45, 7) is 6.95. The molecule has 4 rings (SSSR count). The number of carbonyl (C=O) groups excluding carboxylic acids is 2. The van der Waals surface area contributed by atoms with Crippen LogP contribution in [0.2, 0.25) is 18.6 Å². The Morgan fingerprint density at radius 2 is 1.92 bits per heavy atom. The molecule has 1 aromatic rings. The number of benzene rings is 1. The molecule has 1 aromatic carbocycles. The van der Waals surface area contributed by atoms with Gasteiger partial charge in [-0.2, -0.15) is 0 Å². The van der Waals surface area contributed by atoms with E-state index in [4.69, 9.17) is 4.74 Å². The van der Waals surface area contributed by atoms with Gasteiger partial charge in [0.25, 0.3) is 0 Å². The van der Waals surface area contributed by atoms with Crippen molar-refractivity contribution in [1.29, 1.82) is 0 Å². The van der Waals surface area contributed by atoms with Gasteiger partial charge in [-0.05, 0) is 75.2 Å². The monoisotopic (exact) mass is 532 g/mol. The van der Waals surface area contributed by atoms with Gasteiger partial charge in [0.2, 0.25) is 20.2 Å². The summed E-state index contributed by atoms with van der Waals surface area (Å²) in [4.78, 5) is 29.5. The van der Waals surface area contributed by atoms with E-state index in [-0.39, 0.29) is 48.4 Å². The van der Waals surface area contributed by atoms with E-state index >= 15 is 4.11 Å². The van der Waals surface area contributed by atoms with Gasteiger partial charge in [0, 0.05) is 30.7 Å². The van der Waals surface area contributed by atoms with E-state index in [1.165, 1.54) is 0 Å². The first-order valence-corrected chi connectivity index (χ1v) is 17.3. The Bertz CT molecular complexity index is 939. The van der Waals surface area contributed by atoms with Crippen molar-refractivity contribution in [2.24, 2.45) is 5.92 Å². The number of rotatable bonds is 8. The minimum atomic E-state index is -3.07. The molecule has 206 valence electrons. The predicted octanol–water partition coefficient (Wildman–Crippen LogP) is 5.24. The third-order valence-electron chi connectivity index (χ3n) is 8.74. The van der Waals surface area contributed by atoms with Gasteiger partial charge < -0.3 is 23.8 Å². The number of anilines is 1. The summed E-state index contributed by atoms with van der Waals surface area (Å²) in [6, 6.07) is 8.12. The molecular formula is C29H45FN2O4Si. The Morgan fingerprint density at radius 1 is 1.14 bits per heavy atom. The number of hydrogen-bond acceptors (Lipinski definition) is 4. The summed E-state index contributed by atoms with van der Waals surface area (Å²) < 4.78 is 22.0. The van der Waals surface area contributed by atoms with Crippen LogP contribution < -0.4 is 4.90 Å². The lowest BCUT2D eigenvalue weighted by atomic mass is 9.95. The van der Waals surface area contributed by atoms with Crippen molar-refractivity contribution in [3.8, 4) is 0 Å². The Labute approximate surface area is 222 Å². The predicted molar refractivity (Wildman–Crippen MR) is 147 cm³/mol. The molecule has 0 radical (unpaired) electrons. The van der Waals surface area contributed by atoms with Crippen LogP contribution >= 0.6 is 0 Å². The minimum Gasteiger partial charge on any atom is -0.394 e. The molecule has 3 aliphatic heterocycles. The number of carbonyl (C=O) groups is 2. The number of ether oxygens (including phenoxy) is 1. The van der Waals surface area contributed by atoms with Crippen molar-refractivity contribution in [2.75, 3.05) is 24.6 Å². The molecule has 3 aliphatic rings. The fraction of sp³-hybridized carbons (Fsp3) is 0.724. The number of hydrogen-bond donors (Lipinski definition) is 1. The largest absolute Gasteiger partial charge is 0.394 e. The summed E-state index contributed by atoms with van der Waals surface area (Å²) in [5.41, 5.74) is 1.88. The number of amides is 2. The Morgan fingerprint density at radius 3 is 2.68 bits per heavy atom. The van der Waals surface area contributed by atoms with Crippen LogP contribution in [0, 0.1) is 5.92 Å². The van der Waals surface area contributed by atoms with Crippen molar-refractivity contribution in [3.63, 3.8) is 0 Å². The van der Waals surface area contributed by atoms with E-state index < -0.39 is 14.5 Å². The third-order valence-corrected chi connectivity index (χ3v) is 11.2. The van der Waals surface area contributed by atoms with Crippen LogP contribution in [0.15, 0.2) is 24.3 Å². The molecule has 8 heteroatoms. The average Bonchev–Trinajstić information content (AvgIpc) is 3.44. The number of aliphatic hydroxyl groups is 1. The van der Waals surface area contributed by atoms with Crippen molar-refractivity contribution in [2.45, 2.75) is 108 Å². The van der Waals surface area contributed by atoms with Crippen LogP contribution in [-0.2, 0) is 20.7 Å². The van der Waals surface area contributed by atoms with Gasteiger partial charge >= 0.3 is 0 Å². The topological polar surface area (TPSA) is 70.1 Å². The molecule has 5 atom stereocenters. The molecule has 0 bridgehead atoms. The van der Waals surface area contributed by atoms with Crippen molar-refractivity contribution in [3.05, 3.63) is 29.8 Å². The van der Waals surface area contributed by atoms with Crippen LogP contribution in [0.4, 0.5) is 9.80 Å². The van der Waals surface area contributed by atoms with Gasteiger partial charge in [0.05, 0.1) is 31.3 Å². The average molecular weight is 533 g/mol. The van der Waals surface area contributed by atoms with Gasteiger partial charge in [-0.3, -0.25) is 9.59 Å². The minimum absolute atomic E-state index is 0.0227. The highest BCUT2D eigenvalue weighted by atomic mass is 28.4. The molecule has 3 heterocycles. The molecule has 0 unspecified atom stereocenters. The zero-order valence-electron chi connectivity index (χ0n) is 22.8. The zero-order chi connectivity index (χ0) is 26.6. The molecule has 37 heavy (non-hydrogen) atoms. The number of aryl methyl sites for hydroxylation is 1. The molecule has 3 saturated heterocycles. The van der Waals surface area contributed by atoms with Crippen LogP contribution in [-0.4, -0.2) is 68.2 Å². The molecular weight excluding hydrogens is 487 g/mol. The lowest BCUT2D eigenvalue weighted by Gasteiger charge is -2.30. The van der Waals surface area contributed by atoms with Crippen molar-refractivity contribution >= 4 is 25.9 Å². The molecule has 1 N–H and O–H groups in total. The highest BCUT2D eigenvalue weighted by Crippen LogP contribution is 2.47. The first-order chi connectivity index (χ1) is 17.7. The quantitative estimate of drug-likeness (QED) is 0.367. The summed E-state index contributed by atoms with van der Waals surface area (Å²) in [6.07, 6.45) is 7.83. The van der Waals surface area contributed by atoms with E-state index in [0.717, 1.165) is 69.2 Å². The lowest BCUT2D eigenvalue weighted by Crippen LogP contribution is -2.42. The fourth-order valence-corrected chi connectivity index (χ4v) is 9.39. The summed E-state index contributed by atoms with van der Waals surface area (Å²) >= 11 is 0. The number of aliphatic hydroxyl groups excluding tert-OH is 1. The van der Waals surface area contributed by atoms with Crippen molar-refractivity contribution < 1.29 is 23.5 Å². The third kappa shape index (κ3) is 6.81. The molecule has 0 aromatic heterocycles. The highest BCUT2D eigenvalue weighted by molar-refractivity contribution is 6.72. The second-order valence-electron chi connectivity index (χ2n) is 11.9. The van der Waals surface area contributed by atoms with Crippen LogP contribution in [0.5, 0.6) is 0 Å². The van der Waals surface area contributed by atoms with Crippen molar-refractivity contribution in [1.82, 2.24) is 4.90 Å². The number of nitrogens with zero attached hydrogens (tertiary/aromatic N) is 2. The normalized spacial score (nSPS) is 29.4. The van der Waals surface area contributed by atoms with Gasteiger partial charge in [0.1, 0.15) is 0 Å². The van der Waals surface area contributed by atoms with E-state index in [1.54, 1.807) is 18.0 Å². The van der Waals surface area contributed by atoms with Gasteiger partial charge in [-0.1, -0.05) is 31.9 Å². The zero-order valence-corrected chi connectivity index (χ0v) is 23.8. The maximum atomic E-state index is 15.5. The summed E-state index contributed by atoms with van der Waals surface area (Å²) in [7, 11) is -3.07. The van der Waals surface area contributed by atoms with Gasteiger partial charge in [0.15, 0.2) is 0 Å². The fourth-order valence-electron chi connectivity index (χ4n) is 6.84. The molecule has 2 amide bonds. The Hall–Kier alpha value is -1.77. The first kappa shape index (κ1) is 28.2. The standard InChI is InChI=1S/C29H45FN2O4Si/c1-21-25(15-14-22-10-8-11-23(18-22)31-16-7-5-4-6-13-27(31)34)36-26(29(21)37(2,3)30)19-28(35)32-17-9-12-24(32)20-33/h8,10-11,18,21,24-26,29,33H,4-7,9,12-17,19-20H2,1-3H3/t21-,24+,25+,26-,29+/m1/s1. The Balaban J connectivity index is 1.41. The van der Waals surface area contributed by atoms with E-state index in [1.807, 2.05) is 17.0 Å². The molecule has 0 spiro atoms. The van der Waals surface area contributed by atoms with Gasteiger partial charge in [-0.15, -0.1) is 0 Å². The summed E-state index contributed by atoms with van der Waals surface area (Å²) in [5.74, 6) is 0.218. The molecule has 6 nitrogen and oxygen atoms in total.